The first-order chi connectivity index (χ1) is 8.72. The van der Waals surface area contributed by atoms with E-state index in [9.17, 15) is 0 Å². The van der Waals surface area contributed by atoms with Crippen LogP contribution in [0.3, 0.4) is 0 Å². The molecule has 2 aromatic rings. The number of rotatable bonds is 5. The molecular formula is C11H14N4O2S. The first kappa shape index (κ1) is 12.4. The zero-order valence-corrected chi connectivity index (χ0v) is 11.0. The Hall–Kier alpha value is -2.02. The van der Waals surface area contributed by atoms with Crippen LogP contribution in [0, 0.1) is 0 Å². The monoisotopic (exact) mass is 266 g/mol. The summed E-state index contributed by atoms with van der Waals surface area (Å²) < 4.78 is 14.3. The Balaban J connectivity index is 2.05. The maximum Gasteiger partial charge on any atom is 0.233 e. The number of anilines is 2. The van der Waals surface area contributed by atoms with E-state index in [1.165, 1.54) is 11.5 Å². The first-order valence-corrected chi connectivity index (χ1v) is 6.04. The maximum atomic E-state index is 5.44. The van der Waals surface area contributed by atoms with Crippen LogP contribution < -0.4 is 20.5 Å². The van der Waals surface area contributed by atoms with E-state index in [1.54, 1.807) is 14.2 Å². The summed E-state index contributed by atoms with van der Waals surface area (Å²) in [5.41, 5.74) is 6.50. The van der Waals surface area contributed by atoms with Gasteiger partial charge in [0.25, 0.3) is 0 Å². The van der Waals surface area contributed by atoms with Crippen molar-refractivity contribution in [3.63, 3.8) is 0 Å². The molecule has 0 atom stereocenters. The molecule has 0 aliphatic heterocycles. The highest BCUT2D eigenvalue weighted by Crippen LogP contribution is 2.27. The standard InChI is InChI=1S/C11H14N4O2S/c1-16-8-4-3-7(5-9(8)17-2)6-13-11-14-10(12)15-18-11/h3-5H,6H2,1-2H3,(H3,12,13,14,15). The lowest BCUT2D eigenvalue weighted by atomic mass is 10.2. The summed E-state index contributed by atoms with van der Waals surface area (Å²) in [6.45, 7) is 0.620. The van der Waals surface area contributed by atoms with Gasteiger partial charge in [-0.1, -0.05) is 6.07 Å². The Kier molecular flexibility index (Phi) is 3.83. The third kappa shape index (κ3) is 2.80. The lowest BCUT2D eigenvalue weighted by molar-refractivity contribution is 0.354. The average Bonchev–Trinajstić information content (AvgIpc) is 2.81. The van der Waals surface area contributed by atoms with E-state index in [2.05, 4.69) is 14.7 Å². The largest absolute Gasteiger partial charge is 0.493 e. The molecule has 1 aromatic heterocycles. The fraction of sp³-hybridized carbons (Fsp3) is 0.273. The fourth-order valence-corrected chi connectivity index (χ4v) is 1.97. The minimum Gasteiger partial charge on any atom is -0.493 e. The molecular weight excluding hydrogens is 252 g/mol. The molecule has 0 saturated carbocycles. The number of benzene rings is 1. The molecule has 6 nitrogen and oxygen atoms in total. The summed E-state index contributed by atoms with van der Waals surface area (Å²) in [4.78, 5) is 4.02. The number of methoxy groups -OCH3 is 2. The van der Waals surface area contributed by atoms with Crippen molar-refractivity contribution in [1.29, 1.82) is 0 Å². The molecule has 1 heterocycles. The molecule has 0 saturated heterocycles. The molecule has 0 radical (unpaired) electrons. The Morgan fingerprint density at radius 1 is 1.28 bits per heavy atom. The van der Waals surface area contributed by atoms with E-state index in [0.717, 1.165) is 5.56 Å². The van der Waals surface area contributed by atoms with Crippen LogP contribution in [0.1, 0.15) is 5.56 Å². The second-order valence-corrected chi connectivity index (χ2v) is 4.25. The van der Waals surface area contributed by atoms with Gasteiger partial charge in [0.15, 0.2) is 11.5 Å². The van der Waals surface area contributed by atoms with Crippen molar-refractivity contribution in [1.82, 2.24) is 9.36 Å². The molecule has 7 heteroatoms. The number of nitrogens with zero attached hydrogens (tertiary/aromatic N) is 2. The molecule has 1 aromatic carbocycles. The molecule has 96 valence electrons. The van der Waals surface area contributed by atoms with Crippen molar-refractivity contribution in [3.05, 3.63) is 23.8 Å². The minimum atomic E-state index is 0.287. The van der Waals surface area contributed by atoms with Gasteiger partial charge in [0.05, 0.1) is 14.2 Å². The van der Waals surface area contributed by atoms with Gasteiger partial charge in [-0.3, -0.25) is 0 Å². The van der Waals surface area contributed by atoms with Gasteiger partial charge < -0.3 is 20.5 Å². The molecule has 0 bridgehead atoms. The number of nitrogen functional groups attached to an aromatic ring is 1. The van der Waals surface area contributed by atoms with Crippen LogP contribution in [0.4, 0.5) is 11.1 Å². The number of hydrogen-bond acceptors (Lipinski definition) is 7. The lowest BCUT2D eigenvalue weighted by Crippen LogP contribution is -2.00. The normalized spacial score (nSPS) is 10.1. The second kappa shape index (κ2) is 5.54. The van der Waals surface area contributed by atoms with Gasteiger partial charge in [-0.25, -0.2) is 0 Å². The number of hydrogen-bond donors (Lipinski definition) is 2. The van der Waals surface area contributed by atoms with E-state index in [1.807, 2.05) is 18.2 Å². The van der Waals surface area contributed by atoms with Crippen LogP contribution in [0.25, 0.3) is 0 Å². The molecule has 0 fully saturated rings. The van der Waals surface area contributed by atoms with Crippen molar-refractivity contribution < 1.29 is 9.47 Å². The molecule has 0 aliphatic carbocycles. The molecule has 0 amide bonds. The van der Waals surface area contributed by atoms with Crippen molar-refractivity contribution in [3.8, 4) is 11.5 Å². The van der Waals surface area contributed by atoms with Crippen molar-refractivity contribution in [2.24, 2.45) is 0 Å². The van der Waals surface area contributed by atoms with Crippen LogP contribution in [0.15, 0.2) is 18.2 Å². The predicted octanol–water partition coefficient (Wildman–Crippen LogP) is 1.75. The zero-order chi connectivity index (χ0) is 13.0. The number of aromatic nitrogens is 2. The fourth-order valence-electron chi connectivity index (χ4n) is 1.47. The highest BCUT2D eigenvalue weighted by Gasteiger charge is 2.05. The second-order valence-electron chi connectivity index (χ2n) is 3.50. The maximum absolute atomic E-state index is 5.44. The summed E-state index contributed by atoms with van der Waals surface area (Å²) in [6.07, 6.45) is 0. The van der Waals surface area contributed by atoms with E-state index in [-0.39, 0.29) is 5.95 Å². The summed E-state index contributed by atoms with van der Waals surface area (Å²) in [7, 11) is 3.22. The van der Waals surface area contributed by atoms with E-state index in [4.69, 9.17) is 15.2 Å². The first-order valence-electron chi connectivity index (χ1n) is 5.27. The molecule has 3 N–H and O–H groups in total. The van der Waals surface area contributed by atoms with Crippen LogP contribution in [-0.4, -0.2) is 23.6 Å². The van der Waals surface area contributed by atoms with Gasteiger partial charge in [0.1, 0.15) is 0 Å². The van der Waals surface area contributed by atoms with Gasteiger partial charge in [-0.15, -0.1) is 0 Å². The van der Waals surface area contributed by atoms with Crippen LogP contribution in [0.2, 0.25) is 0 Å². The molecule has 18 heavy (non-hydrogen) atoms. The Bertz CT molecular complexity index is 530. The minimum absolute atomic E-state index is 0.287. The molecule has 0 spiro atoms. The Labute approximate surface area is 109 Å². The predicted molar refractivity (Wildman–Crippen MR) is 71.2 cm³/mol. The van der Waals surface area contributed by atoms with Gasteiger partial charge in [0.2, 0.25) is 11.1 Å². The van der Waals surface area contributed by atoms with E-state index < -0.39 is 0 Å². The molecule has 0 unspecified atom stereocenters. The summed E-state index contributed by atoms with van der Waals surface area (Å²) in [5, 5.41) is 3.84. The van der Waals surface area contributed by atoms with Crippen LogP contribution in [-0.2, 0) is 6.54 Å². The summed E-state index contributed by atoms with van der Waals surface area (Å²) in [6, 6.07) is 5.74. The van der Waals surface area contributed by atoms with Crippen LogP contribution in [0.5, 0.6) is 11.5 Å². The smallest absolute Gasteiger partial charge is 0.233 e. The quantitative estimate of drug-likeness (QED) is 0.858. The van der Waals surface area contributed by atoms with Crippen molar-refractivity contribution in [2.75, 3.05) is 25.3 Å². The third-order valence-electron chi connectivity index (χ3n) is 2.33. The number of ether oxygens (including phenoxy) is 2. The molecule has 0 aliphatic rings. The van der Waals surface area contributed by atoms with Gasteiger partial charge in [0, 0.05) is 18.1 Å². The highest BCUT2D eigenvalue weighted by atomic mass is 32.1. The Morgan fingerprint density at radius 2 is 2.06 bits per heavy atom. The molecule has 2 rings (SSSR count). The average molecular weight is 266 g/mol. The zero-order valence-electron chi connectivity index (χ0n) is 10.1. The Morgan fingerprint density at radius 3 is 2.67 bits per heavy atom. The van der Waals surface area contributed by atoms with Crippen LogP contribution >= 0.6 is 11.5 Å². The summed E-state index contributed by atoms with van der Waals surface area (Å²) in [5.74, 6) is 1.70. The SMILES string of the molecule is COc1ccc(CNc2nc(N)ns2)cc1OC. The van der Waals surface area contributed by atoms with Crippen molar-refractivity contribution in [2.45, 2.75) is 6.54 Å². The summed E-state index contributed by atoms with van der Waals surface area (Å²) >= 11 is 1.23. The number of nitrogens with one attached hydrogen (secondary N) is 1. The van der Waals surface area contributed by atoms with Gasteiger partial charge in [-0.2, -0.15) is 9.36 Å². The lowest BCUT2D eigenvalue weighted by Gasteiger charge is -2.09. The van der Waals surface area contributed by atoms with E-state index >= 15 is 0 Å². The topological polar surface area (TPSA) is 82.3 Å². The van der Waals surface area contributed by atoms with Gasteiger partial charge >= 0.3 is 0 Å². The van der Waals surface area contributed by atoms with Crippen molar-refractivity contribution >= 4 is 22.6 Å². The van der Waals surface area contributed by atoms with Gasteiger partial charge in [-0.05, 0) is 17.7 Å². The highest BCUT2D eigenvalue weighted by molar-refractivity contribution is 7.09. The third-order valence-corrected chi connectivity index (χ3v) is 3.02. The number of nitrogens with two attached hydrogens (primary N) is 1. The van der Waals surface area contributed by atoms with E-state index in [0.29, 0.717) is 23.2 Å².